The second kappa shape index (κ2) is 10.8. The minimum Gasteiger partial charge on any atom is -0.455 e. The van der Waals surface area contributed by atoms with Crippen LogP contribution in [0.5, 0.6) is 0 Å². The van der Waals surface area contributed by atoms with Gasteiger partial charge in [-0.1, -0.05) is 115 Å². The number of aromatic nitrogens is 3. The van der Waals surface area contributed by atoms with E-state index in [-0.39, 0.29) is 0 Å². The highest BCUT2D eigenvalue weighted by Gasteiger charge is 2.24. The fourth-order valence-corrected chi connectivity index (χ4v) is 9.30. The second-order valence-corrected chi connectivity index (χ2v) is 14.6. The summed E-state index contributed by atoms with van der Waals surface area (Å²) in [4.78, 5) is 16.2. The smallest absolute Gasteiger partial charge is 0.164 e. The maximum Gasteiger partial charge on any atom is 0.164 e. The number of rotatable bonds is 3. The summed E-state index contributed by atoms with van der Waals surface area (Å²) in [6, 6.07) is 52.5. The molecule has 12 aromatic rings. The first-order valence-corrected chi connectivity index (χ1v) is 18.4. The Bertz CT molecular complexity index is 3310. The van der Waals surface area contributed by atoms with Gasteiger partial charge in [0.2, 0.25) is 0 Å². The first-order valence-electron chi connectivity index (χ1n) is 17.6. The predicted octanol–water partition coefficient (Wildman–Crippen LogP) is 13.3. The maximum atomic E-state index is 6.61. The summed E-state index contributed by atoms with van der Waals surface area (Å²) in [7, 11) is 0. The van der Waals surface area contributed by atoms with Crippen molar-refractivity contribution < 1.29 is 8.83 Å². The molecule has 0 radical (unpaired) electrons. The molecule has 0 spiro atoms. The van der Waals surface area contributed by atoms with Crippen molar-refractivity contribution >= 4 is 96.9 Å². The lowest BCUT2D eigenvalue weighted by Crippen LogP contribution is -2.01. The van der Waals surface area contributed by atoms with Gasteiger partial charge in [-0.05, 0) is 47.2 Å². The molecule has 4 aromatic heterocycles. The van der Waals surface area contributed by atoms with Gasteiger partial charge >= 0.3 is 0 Å². The van der Waals surface area contributed by atoms with Gasteiger partial charge in [0, 0.05) is 69.2 Å². The van der Waals surface area contributed by atoms with Crippen LogP contribution in [-0.2, 0) is 0 Å². The van der Waals surface area contributed by atoms with Crippen molar-refractivity contribution in [1.82, 2.24) is 15.0 Å². The van der Waals surface area contributed by atoms with Gasteiger partial charge in [-0.3, -0.25) is 0 Å². The normalized spacial score (nSPS) is 12.2. The van der Waals surface area contributed by atoms with Crippen molar-refractivity contribution in [2.24, 2.45) is 0 Å². The van der Waals surface area contributed by atoms with Gasteiger partial charge < -0.3 is 8.83 Å². The molecule has 0 fully saturated rings. The zero-order valence-electron chi connectivity index (χ0n) is 28.0. The van der Waals surface area contributed by atoms with Crippen molar-refractivity contribution in [1.29, 1.82) is 0 Å². The topological polar surface area (TPSA) is 65.0 Å². The van der Waals surface area contributed by atoms with Crippen LogP contribution in [-0.4, -0.2) is 15.0 Å². The van der Waals surface area contributed by atoms with Gasteiger partial charge in [-0.25, -0.2) is 15.0 Å². The summed E-state index contributed by atoms with van der Waals surface area (Å²) in [5.74, 6) is 1.78. The molecule has 4 heterocycles. The van der Waals surface area contributed by atoms with Crippen molar-refractivity contribution in [2.75, 3.05) is 0 Å². The molecular weight excluding hydrogens is 671 g/mol. The first kappa shape index (κ1) is 28.8. The minimum absolute atomic E-state index is 0.581. The second-order valence-electron chi connectivity index (χ2n) is 13.5. The average Bonchev–Trinajstić information content (AvgIpc) is 3.92. The maximum absolute atomic E-state index is 6.61. The molecule has 6 heteroatoms. The molecule has 0 aliphatic rings. The number of furan rings is 2. The van der Waals surface area contributed by atoms with E-state index in [4.69, 9.17) is 23.8 Å². The van der Waals surface area contributed by atoms with Crippen molar-refractivity contribution in [3.63, 3.8) is 0 Å². The average molecular weight is 696 g/mol. The summed E-state index contributed by atoms with van der Waals surface area (Å²) >= 11 is 1.79. The summed E-state index contributed by atoms with van der Waals surface area (Å²) in [6.07, 6.45) is 0. The zero-order valence-corrected chi connectivity index (χ0v) is 28.8. The van der Waals surface area contributed by atoms with E-state index in [1.165, 1.54) is 14.8 Å². The van der Waals surface area contributed by atoms with Crippen LogP contribution in [0.2, 0.25) is 0 Å². The van der Waals surface area contributed by atoms with Gasteiger partial charge in [0.15, 0.2) is 17.5 Å². The van der Waals surface area contributed by atoms with E-state index < -0.39 is 0 Å². The van der Waals surface area contributed by atoms with E-state index in [1.807, 2.05) is 24.3 Å². The van der Waals surface area contributed by atoms with Gasteiger partial charge in [0.25, 0.3) is 0 Å². The van der Waals surface area contributed by atoms with Crippen LogP contribution in [0.4, 0.5) is 0 Å². The molecule has 0 aliphatic carbocycles. The molecule has 53 heavy (non-hydrogen) atoms. The fourth-order valence-electron chi connectivity index (χ4n) is 8.17. The highest BCUT2D eigenvalue weighted by molar-refractivity contribution is 7.25. The van der Waals surface area contributed by atoms with Gasteiger partial charge in [0.05, 0.1) is 0 Å². The molecule has 0 atom stereocenters. The lowest BCUT2D eigenvalue weighted by atomic mass is 9.98. The quantitative estimate of drug-likeness (QED) is 0.184. The van der Waals surface area contributed by atoms with Crippen LogP contribution < -0.4 is 0 Å². The highest BCUT2D eigenvalue weighted by atomic mass is 32.1. The molecule has 5 nitrogen and oxygen atoms in total. The third-order valence-electron chi connectivity index (χ3n) is 10.5. The number of fused-ring (bicyclic) bond motifs is 13. The molecule has 0 unspecified atom stereocenters. The molecule has 12 rings (SSSR count). The Hall–Kier alpha value is -6.89. The van der Waals surface area contributed by atoms with E-state index in [2.05, 4.69) is 127 Å². The van der Waals surface area contributed by atoms with Crippen molar-refractivity contribution in [3.05, 3.63) is 152 Å². The SMILES string of the molecule is c1ccc2c(c1)cc(-c1nc(-c3cccc4sc5ccccc5c34)nc(-c3cc4ccccc4c4oc5ccccc5c34)n1)c1c3ccccc3oc21. The van der Waals surface area contributed by atoms with Gasteiger partial charge in [-0.15, -0.1) is 11.3 Å². The summed E-state index contributed by atoms with van der Waals surface area (Å²) in [5.41, 5.74) is 6.05. The van der Waals surface area contributed by atoms with E-state index in [9.17, 15) is 0 Å². The van der Waals surface area contributed by atoms with Crippen LogP contribution in [0.25, 0.3) is 120 Å². The number of benzene rings is 8. The summed E-state index contributed by atoms with van der Waals surface area (Å²) in [5, 5.41) is 10.5. The molecule has 0 N–H and O–H groups in total. The minimum atomic E-state index is 0.581. The predicted molar refractivity (Wildman–Crippen MR) is 219 cm³/mol. The van der Waals surface area contributed by atoms with E-state index in [0.717, 1.165) is 87.5 Å². The lowest BCUT2D eigenvalue weighted by molar-refractivity contribution is 0.672. The molecule has 0 bridgehead atoms. The van der Waals surface area contributed by atoms with Crippen molar-refractivity contribution in [2.45, 2.75) is 0 Å². The number of thiophene rings is 1. The number of hydrogen-bond donors (Lipinski definition) is 0. The van der Waals surface area contributed by atoms with Crippen molar-refractivity contribution in [3.8, 4) is 34.2 Å². The standard InChI is InChI=1S/C47H25N3O2S/c1-3-14-28-26(12-1)24-34(41-30-16-5-8-20-36(30)51-43(28)41)46-48-45(33-19-11-23-39-40(33)32-18-7-10-22-38(32)53-39)49-47(50-46)35-25-27-13-2-4-15-29(27)44-42(35)31-17-6-9-21-37(31)52-44/h1-25H. The Morgan fingerprint density at radius 2 is 0.811 bits per heavy atom. The van der Waals surface area contributed by atoms with Crippen LogP contribution in [0, 0.1) is 0 Å². The van der Waals surface area contributed by atoms with Gasteiger partial charge in [0.1, 0.15) is 22.3 Å². The van der Waals surface area contributed by atoms with Crippen LogP contribution in [0.3, 0.4) is 0 Å². The fraction of sp³-hybridized carbons (Fsp3) is 0. The molecule has 0 aliphatic heterocycles. The Balaban J connectivity index is 1.25. The van der Waals surface area contributed by atoms with Gasteiger partial charge in [-0.2, -0.15) is 0 Å². The molecule has 8 aromatic carbocycles. The van der Waals surface area contributed by atoms with Crippen LogP contribution >= 0.6 is 11.3 Å². The van der Waals surface area contributed by atoms with E-state index in [1.54, 1.807) is 11.3 Å². The van der Waals surface area contributed by atoms with E-state index in [0.29, 0.717) is 17.5 Å². The monoisotopic (exact) mass is 695 g/mol. The van der Waals surface area contributed by atoms with Crippen LogP contribution in [0.15, 0.2) is 160 Å². The summed E-state index contributed by atoms with van der Waals surface area (Å²) < 4.78 is 15.6. The van der Waals surface area contributed by atoms with E-state index >= 15 is 0 Å². The lowest BCUT2D eigenvalue weighted by Gasteiger charge is -2.12. The van der Waals surface area contributed by atoms with Crippen LogP contribution in [0.1, 0.15) is 0 Å². The first-order chi connectivity index (χ1) is 26.3. The zero-order chi connectivity index (χ0) is 34.6. The highest BCUT2D eigenvalue weighted by Crippen LogP contribution is 2.45. The third kappa shape index (κ3) is 4.15. The molecular formula is C47H25N3O2S. The number of nitrogens with zero attached hydrogens (tertiary/aromatic N) is 3. The molecule has 0 saturated carbocycles. The largest absolute Gasteiger partial charge is 0.455 e. The third-order valence-corrected chi connectivity index (χ3v) is 11.6. The molecule has 246 valence electrons. The number of hydrogen-bond acceptors (Lipinski definition) is 6. The number of para-hydroxylation sites is 2. The Morgan fingerprint density at radius 1 is 0.358 bits per heavy atom. The Morgan fingerprint density at radius 3 is 1.40 bits per heavy atom. The molecule has 0 amide bonds. The Kier molecular flexibility index (Phi) is 5.87. The molecule has 0 saturated heterocycles. The Labute approximate surface area is 305 Å². The summed E-state index contributed by atoms with van der Waals surface area (Å²) in [6.45, 7) is 0.